The predicted molar refractivity (Wildman–Crippen MR) is 56.7 cm³/mol. The van der Waals surface area contributed by atoms with Crippen LogP contribution in [0.3, 0.4) is 0 Å². The SMILES string of the molecule is CCn1cnc(Cl)c1C(CN)C(=O)OC. The molecule has 0 bridgehead atoms. The van der Waals surface area contributed by atoms with Crippen molar-refractivity contribution >= 4 is 17.6 Å². The van der Waals surface area contributed by atoms with Gasteiger partial charge in [-0.25, -0.2) is 4.98 Å². The molecule has 2 N–H and O–H groups in total. The van der Waals surface area contributed by atoms with Gasteiger partial charge in [0.25, 0.3) is 0 Å². The van der Waals surface area contributed by atoms with Gasteiger partial charge in [-0.05, 0) is 6.92 Å². The predicted octanol–water partition coefficient (Wildman–Crippen LogP) is 0.772. The molecule has 0 aromatic carbocycles. The highest BCUT2D eigenvalue weighted by atomic mass is 35.5. The van der Waals surface area contributed by atoms with Crippen LogP contribution in [0.4, 0.5) is 0 Å². The average molecular weight is 232 g/mol. The first-order chi connectivity index (χ1) is 7.15. The van der Waals surface area contributed by atoms with Gasteiger partial charge >= 0.3 is 5.97 Å². The van der Waals surface area contributed by atoms with Crippen LogP contribution in [0.1, 0.15) is 18.5 Å². The lowest BCUT2D eigenvalue weighted by Gasteiger charge is -2.14. The van der Waals surface area contributed by atoms with E-state index in [2.05, 4.69) is 9.72 Å². The molecule has 0 saturated carbocycles. The Kier molecular flexibility index (Phi) is 4.11. The minimum atomic E-state index is -0.551. The average Bonchev–Trinajstić information content (AvgIpc) is 2.61. The van der Waals surface area contributed by atoms with Gasteiger partial charge in [0.1, 0.15) is 5.92 Å². The molecule has 5 nitrogen and oxygen atoms in total. The number of methoxy groups -OCH3 is 1. The molecule has 0 radical (unpaired) electrons. The van der Waals surface area contributed by atoms with Gasteiger partial charge in [-0.15, -0.1) is 0 Å². The Labute approximate surface area is 93.2 Å². The number of nitrogens with zero attached hydrogens (tertiary/aromatic N) is 2. The zero-order valence-corrected chi connectivity index (χ0v) is 9.49. The number of rotatable bonds is 4. The van der Waals surface area contributed by atoms with Crippen LogP contribution < -0.4 is 5.73 Å². The van der Waals surface area contributed by atoms with Crippen molar-refractivity contribution in [2.45, 2.75) is 19.4 Å². The van der Waals surface area contributed by atoms with Crippen LogP contribution in [0.5, 0.6) is 0 Å². The summed E-state index contributed by atoms with van der Waals surface area (Å²) < 4.78 is 6.45. The third-order valence-electron chi connectivity index (χ3n) is 2.22. The molecule has 1 aromatic rings. The Hall–Kier alpha value is -1.07. The number of aryl methyl sites for hydroxylation is 1. The number of halogens is 1. The fraction of sp³-hybridized carbons (Fsp3) is 0.556. The maximum absolute atomic E-state index is 11.5. The van der Waals surface area contributed by atoms with Crippen LogP contribution in [0.15, 0.2) is 6.33 Å². The van der Waals surface area contributed by atoms with E-state index in [4.69, 9.17) is 17.3 Å². The van der Waals surface area contributed by atoms with Crippen molar-refractivity contribution in [2.75, 3.05) is 13.7 Å². The van der Waals surface area contributed by atoms with Gasteiger partial charge < -0.3 is 15.0 Å². The summed E-state index contributed by atoms with van der Waals surface area (Å²) in [6.07, 6.45) is 1.59. The molecular formula is C9H14ClN3O2. The van der Waals surface area contributed by atoms with Gasteiger partial charge in [0.05, 0.1) is 19.1 Å². The largest absolute Gasteiger partial charge is 0.468 e. The molecule has 0 aliphatic rings. The summed E-state index contributed by atoms with van der Waals surface area (Å²) in [6, 6.07) is 0. The molecule has 0 saturated heterocycles. The lowest BCUT2D eigenvalue weighted by Crippen LogP contribution is -2.25. The van der Waals surface area contributed by atoms with Crippen molar-refractivity contribution in [2.24, 2.45) is 5.73 Å². The minimum absolute atomic E-state index is 0.151. The number of ether oxygens (including phenoxy) is 1. The van der Waals surface area contributed by atoms with E-state index in [1.165, 1.54) is 7.11 Å². The molecule has 0 aliphatic heterocycles. The topological polar surface area (TPSA) is 70.1 Å². The molecule has 1 atom stereocenters. The first kappa shape index (κ1) is 12.0. The van der Waals surface area contributed by atoms with Crippen LogP contribution in [0.2, 0.25) is 5.15 Å². The second-order valence-corrected chi connectivity index (χ2v) is 3.38. The quantitative estimate of drug-likeness (QED) is 0.778. The van der Waals surface area contributed by atoms with Gasteiger partial charge in [0.15, 0.2) is 5.15 Å². The fourth-order valence-electron chi connectivity index (χ4n) is 1.42. The molecule has 0 spiro atoms. The maximum atomic E-state index is 11.5. The zero-order chi connectivity index (χ0) is 11.4. The number of carbonyl (C=O) groups is 1. The number of carbonyl (C=O) groups excluding carboxylic acids is 1. The van der Waals surface area contributed by atoms with Crippen LogP contribution in [0, 0.1) is 0 Å². The summed E-state index contributed by atoms with van der Waals surface area (Å²) in [6.45, 7) is 2.77. The molecule has 0 aliphatic carbocycles. The highest BCUT2D eigenvalue weighted by molar-refractivity contribution is 6.30. The van der Waals surface area contributed by atoms with Gasteiger partial charge in [-0.1, -0.05) is 11.6 Å². The van der Waals surface area contributed by atoms with Crippen molar-refractivity contribution in [1.82, 2.24) is 9.55 Å². The molecule has 15 heavy (non-hydrogen) atoms. The number of hydrogen-bond acceptors (Lipinski definition) is 4. The molecule has 1 rings (SSSR count). The van der Waals surface area contributed by atoms with E-state index in [0.29, 0.717) is 17.4 Å². The van der Waals surface area contributed by atoms with Crippen molar-refractivity contribution < 1.29 is 9.53 Å². The molecule has 0 fully saturated rings. The summed E-state index contributed by atoms with van der Waals surface area (Å²) >= 11 is 5.90. The summed E-state index contributed by atoms with van der Waals surface area (Å²) in [5.41, 5.74) is 6.15. The number of nitrogens with two attached hydrogens (primary N) is 1. The Morgan fingerprint density at radius 2 is 2.47 bits per heavy atom. The maximum Gasteiger partial charge on any atom is 0.316 e. The van der Waals surface area contributed by atoms with Gasteiger partial charge in [-0.3, -0.25) is 4.79 Å². The van der Waals surface area contributed by atoms with Crippen molar-refractivity contribution in [1.29, 1.82) is 0 Å². The highest BCUT2D eigenvalue weighted by Gasteiger charge is 2.26. The molecule has 6 heteroatoms. The smallest absolute Gasteiger partial charge is 0.316 e. The van der Waals surface area contributed by atoms with Gasteiger partial charge in [0, 0.05) is 13.1 Å². The van der Waals surface area contributed by atoms with E-state index < -0.39 is 11.9 Å². The molecular weight excluding hydrogens is 218 g/mol. The number of aromatic nitrogens is 2. The van der Waals surface area contributed by atoms with E-state index in [1.807, 2.05) is 6.92 Å². The van der Waals surface area contributed by atoms with E-state index in [-0.39, 0.29) is 6.54 Å². The van der Waals surface area contributed by atoms with E-state index in [0.717, 1.165) is 0 Å². The second-order valence-electron chi connectivity index (χ2n) is 3.02. The third-order valence-corrected chi connectivity index (χ3v) is 2.51. The lowest BCUT2D eigenvalue weighted by molar-refractivity contribution is -0.142. The van der Waals surface area contributed by atoms with Crippen molar-refractivity contribution in [3.8, 4) is 0 Å². The Morgan fingerprint density at radius 1 is 1.80 bits per heavy atom. The zero-order valence-electron chi connectivity index (χ0n) is 8.74. The number of esters is 1. The summed E-state index contributed by atoms with van der Waals surface area (Å²) in [7, 11) is 1.32. The monoisotopic (exact) mass is 231 g/mol. The highest BCUT2D eigenvalue weighted by Crippen LogP contribution is 2.24. The van der Waals surface area contributed by atoms with E-state index in [1.54, 1.807) is 10.9 Å². The molecule has 0 amide bonds. The molecule has 1 aromatic heterocycles. The van der Waals surface area contributed by atoms with Crippen molar-refractivity contribution in [3.63, 3.8) is 0 Å². The van der Waals surface area contributed by atoms with Crippen LogP contribution in [-0.2, 0) is 16.1 Å². The van der Waals surface area contributed by atoms with Crippen LogP contribution in [-0.4, -0.2) is 29.2 Å². The second kappa shape index (κ2) is 5.14. The Balaban J connectivity index is 3.10. The van der Waals surface area contributed by atoms with E-state index in [9.17, 15) is 4.79 Å². The van der Waals surface area contributed by atoms with Gasteiger partial charge in [0.2, 0.25) is 0 Å². The van der Waals surface area contributed by atoms with E-state index >= 15 is 0 Å². The summed E-state index contributed by atoms with van der Waals surface area (Å²) in [5, 5.41) is 0.303. The van der Waals surface area contributed by atoms with Crippen LogP contribution in [0.25, 0.3) is 0 Å². The third kappa shape index (κ3) is 2.30. The van der Waals surface area contributed by atoms with Gasteiger partial charge in [-0.2, -0.15) is 0 Å². The lowest BCUT2D eigenvalue weighted by atomic mass is 10.1. The summed E-state index contributed by atoms with van der Waals surface area (Å²) in [5.74, 6) is -0.945. The van der Waals surface area contributed by atoms with Crippen LogP contribution >= 0.6 is 11.6 Å². The molecule has 1 unspecified atom stereocenters. The number of imidazole rings is 1. The Morgan fingerprint density at radius 3 is 2.93 bits per heavy atom. The minimum Gasteiger partial charge on any atom is -0.468 e. The standard InChI is InChI=1S/C9H14ClN3O2/c1-3-13-5-12-8(10)7(13)6(4-11)9(14)15-2/h5-6H,3-4,11H2,1-2H3. The summed E-state index contributed by atoms with van der Waals surface area (Å²) in [4.78, 5) is 15.4. The molecule has 84 valence electrons. The molecule has 1 heterocycles. The fourth-order valence-corrected chi connectivity index (χ4v) is 1.71. The first-order valence-electron chi connectivity index (χ1n) is 4.64. The Bertz CT molecular complexity index is 351. The van der Waals surface area contributed by atoms with Crippen molar-refractivity contribution in [3.05, 3.63) is 17.2 Å². The normalized spacial score (nSPS) is 12.5. The first-order valence-corrected chi connectivity index (χ1v) is 5.01. The number of hydrogen-bond donors (Lipinski definition) is 1.